The van der Waals surface area contributed by atoms with E-state index in [2.05, 4.69) is 0 Å². The van der Waals surface area contributed by atoms with E-state index in [1.54, 1.807) is 23.8 Å². The molecule has 1 aromatic heterocycles. The molecule has 1 aromatic carbocycles. The molecule has 0 aliphatic carbocycles. The summed E-state index contributed by atoms with van der Waals surface area (Å²) < 4.78 is 11.1. The van der Waals surface area contributed by atoms with Crippen molar-refractivity contribution in [2.75, 3.05) is 18.5 Å². The Morgan fingerprint density at radius 1 is 1.24 bits per heavy atom. The second-order valence-electron chi connectivity index (χ2n) is 6.23. The highest BCUT2D eigenvalue weighted by atomic mass is 16.5. The van der Waals surface area contributed by atoms with Crippen LogP contribution in [0.3, 0.4) is 0 Å². The fourth-order valence-electron chi connectivity index (χ4n) is 2.88. The molecule has 2 aromatic rings. The van der Waals surface area contributed by atoms with E-state index >= 15 is 0 Å². The van der Waals surface area contributed by atoms with Crippen molar-refractivity contribution < 1.29 is 18.7 Å². The van der Waals surface area contributed by atoms with Gasteiger partial charge in [-0.2, -0.15) is 0 Å². The number of nitrogens with zero attached hydrogens (tertiary/aromatic N) is 2. The fraction of sp³-hybridized carbons (Fsp3) is 0.368. The Morgan fingerprint density at radius 2 is 2.00 bits per heavy atom. The number of carbonyl (C=O) groups is 2. The summed E-state index contributed by atoms with van der Waals surface area (Å²) in [5.74, 6) is 2.06. The van der Waals surface area contributed by atoms with Gasteiger partial charge in [0.1, 0.15) is 17.3 Å². The number of hydrogen-bond acceptors (Lipinski definition) is 4. The van der Waals surface area contributed by atoms with E-state index in [1.807, 2.05) is 43.3 Å². The van der Waals surface area contributed by atoms with Gasteiger partial charge in [0, 0.05) is 20.0 Å². The minimum Gasteiger partial charge on any atom is -0.479 e. The lowest BCUT2D eigenvalue weighted by Crippen LogP contribution is -2.45. The monoisotopic (exact) mass is 342 g/mol. The van der Waals surface area contributed by atoms with Crippen molar-refractivity contribution in [3.63, 3.8) is 0 Å². The van der Waals surface area contributed by atoms with Gasteiger partial charge < -0.3 is 19.0 Å². The van der Waals surface area contributed by atoms with Crippen LogP contribution in [0.25, 0.3) is 0 Å². The highest BCUT2D eigenvalue weighted by Gasteiger charge is 2.31. The number of ether oxygens (including phenoxy) is 1. The van der Waals surface area contributed by atoms with Crippen molar-refractivity contribution in [2.45, 2.75) is 32.9 Å². The molecule has 1 aliphatic heterocycles. The molecule has 25 heavy (non-hydrogen) atoms. The zero-order valence-corrected chi connectivity index (χ0v) is 14.7. The second-order valence-corrected chi connectivity index (χ2v) is 6.23. The lowest BCUT2D eigenvalue weighted by Gasteiger charge is -2.33. The topological polar surface area (TPSA) is 63.0 Å². The normalized spacial score (nSPS) is 16.4. The van der Waals surface area contributed by atoms with Gasteiger partial charge in [-0.25, -0.2) is 0 Å². The second kappa shape index (κ2) is 7.01. The van der Waals surface area contributed by atoms with Gasteiger partial charge in [-0.3, -0.25) is 9.59 Å². The molecule has 132 valence electrons. The molecule has 1 unspecified atom stereocenters. The molecular weight excluding hydrogens is 320 g/mol. The Hall–Kier alpha value is -2.76. The first-order valence-electron chi connectivity index (χ1n) is 8.32. The number of rotatable bonds is 5. The first-order valence-corrected chi connectivity index (χ1v) is 8.32. The lowest BCUT2D eigenvalue weighted by molar-refractivity contribution is -0.130. The molecule has 0 saturated carbocycles. The molecule has 6 nitrogen and oxygen atoms in total. The van der Waals surface area contributed by atoms with E-state index in [9.17, 15) is 9.59 Å². The van der Waals surface area contributed by atoms with E-state index in [0.717, 1.165) is 11.5 Å². The largest absolute Gasteiger partial charge is 0.479 e. The van der Waals surface area contributed by atoms with Crippen molar-refractivity contribution in [3.05, 3.63) is 47.9 Å². The third-order valence-corrected chi connectivity index (χ3v) is 4.24. The number of carbonyl (C=O) groups excluding carboxylic acids is 2. The molecule has 0 radical (unpaired) electrons. The first-order chi connectivity index (χ1) is 12.0. The van der Waals surface area contributed by atoms with Crippen molar-refractivity contribution in [2.24, 2.45) is 0 Å². The van der Waals surface area contributed by atoms with Crippen LogP contribution in [0.1, 0.15) is 24.9 Å². The molecular formula is C19H22N2O4. The molecule has 0 saturated heterocycles. The van der Waals surface area contributed by atoms with Gasteiger partial charge in [-0.05, 0) is 38.1 Å². The van der Waals surface area contributed by atoms with Gasteiger partial charge in [0.15, 0.2) is 6.10 Å². The zero-order chi connectivity index (χ0) is 18.0. The van der Waals surface area contributed by atoms with Crippen molar-refractivity contribution in [1.29, 1.82) is 0 Å². The molecule has 6 heteroatoms. The molecule has 3 rings (SSSR count). The summed E-state index contributed by atoms with van der Waals surface area (Å²) in [5.41, 5.74) is 0.711. The zero-order valence-electron chi connectivity index (χ0n) is 14.7. The highest BCUT2D eigenvalue weighted by Crippen LogP contribution is 2.33. The molecule has 0 N–H and O–H groups in total. The summed E-state index contributed by atoms with van der Waals surface area (Å²) in [6.07, 6.45) is -0.308. The van der Waals surface area contributed by atoms with Gasteiger partial charge in [-0.15, -0.1) is 0 Å². The molecule has 2 heterocycles. The standard InChI is InChI=1S/C19H22N2O4/c1-13-8-9-15(24-13)12-20(3)18(22)10-11-21-16-6-4-5-7-17(16)25-14(2)19(21)23/h4-9,14H,10-12H2,1-3H3. The van der Waals surface area contributed by atoms with Crippen LogP contribution in [0, 0.1) is 6.92 Å². The minimum atomic E-state index is -0.547. The average molecular weight is 342 g/mol. The number of furan rings is 1. The summed E-state index contributed by atoms with van der Waals surface area (Å²) in [7, 11) is 1.73. The maximum absolute atomic E-state index is 12.4. The van der Waals surface area contributed by atoms with Crippen LogP contribution in [0.4, 0.5) is 5.69 Å². The minimum absolute atomic E-state index is 0.0431. The van der Waals surface area contributed by atoms with Crippen molar-refractivity contribution >= 4 is 17.5 Å². The number of fused-ring (bicyclic) bond motifs is 1. The Labute approximate surface area is 147 Å². The van der Waals surface area contributed by atoms with Crippen LogP contribution in [-0.4, -0.2) is 36.4 Å². The van der Waals surface area contributed by atoms with E-state index in [0.29, 0.717) is 24.5 Å². The Bertz CT molecular complexity index is 783. The van der Waals surface area contributed by atoms with Crippen LogP contribution in [0.15, 0.2) is 40.8 Å². The first kappa shape index (κ1) is 17.1. The van der Waals surface area contributed by atoms with Crippen LogP contribution in [0.2, 0.25) is 0 Å². The van der Waals surface area contributed by atoms with Crippen LogP contribution in [-0.2, 0) is 16.1 Å². The molecule has 0 spiro atoms. The number of aryl methyl sites for hydroxylation is 1. The van der Waals surface area contributed by atoms with E-state index in [-0.39, 0.29) is 18.2 Å². The quantitative estimate of drug-likeness (QED) is 0.838. The maximum Gasteiger partial charge on any atom is 0.267 e. The number of benzene rings is 1. The van der Waals surface area contributed by atoms with E-state index in [4.69, 9.17) is 9.15 Å². The Morgan fingerprint density at radius 3 is 2.72 bits per heavy atom. The molecule has 0 bridgehead atoms. The smallest absolute Gasteiger partial charge is 0.267 e. The summed E-state index contributed by atoms with van der Waals surface area (Å²) in [6.45, 7) is 4.33. The molecule has 0 fully saturated rings. The van der Waals surface area contributed by atoms with Gasteiger partial charge in [-0.1, -0.05) is 12.1 Å². The third kappa shape index (κ3) is 3.68. The van der Waals surface area contributed by atoms with Gasteiger partial charge in [0.05, 0.1) is 12.2 Å². The van der Waals surface area contributed by atoms with Gasteiger partial charge in [0.2, 0.25) is 5.91 Å². The Balaban J connectivity index is 1.64. The van der Waals surface area contributed by atoms with E-state index in [1.165, 1.54) is 0 Å². The predicted octanol–water partition coefficient (Wildman–Crippen LogP) is 2.75. The van der Waals surface area contributed by atoms with Gasteiger partial charge in [0.25, 0.3) is 5.91 Å². The number of anilines is 1. The number of para-hydroxylation sites is 2. The van der Waals surface area contributed by atoms with Crippen LogP contribution < -0.4 is 9.64 Å². The van der Waals surface area contributed by atoms with E-state index < -0.39 is 6.10 Å². The van der Waals surface area contributed by atoms with Gasteiger partial charge >= 0.3 is 0 Å². The summed E-state index contributed by atoms with van der Waals surface area (Å²) >= 11 is 0. The summed E-state index contributed by atoms with van der Waals surface area (Å²) in [5, 5.41) is 0. The molecule has 2 amide bonds. The van der Waals surface area contributed by atoms with Crippen LogP contribution in [0.5, 0.6) is 5.75 Å². The number of hydrogen-bond donors (Lipinski definition) is 0. The third-order valence-electron chi connectivity index (χ3n) is 4.24. The SMILES string of the molecule is Cc1ccc(CN(C)C(=O)CCN2C(=O)C(C)Oc3ccccc32)o1. The fourth-order valence-corrected chi connectivity index (χ4v) is 2.88. The predicted molar refractivity (Wildman–Crippen MR) is 93.4 cm³/mol. The van der Waals surface area contributed by atoms with Crippen LogP contribution >= 0.6 is 0 Å². The Kier molecular flexibility index (Phi) is 4.79. The summed E-state index contributed by atoms with van der Waals surface area (Å²) in [6, 6.07) is 11.1. The lowest BCUT2D eigenvalue weighted by atomic mass is 10.1. The number of amides is 2. The van der Waals surface area contributed by atoms with Crippen molar-refractivity contribution in [1.82, 2.24) is 4.90 Å². The average Bonchev–Trinajstić information content (AvgIpc) is 3.00. The van der Waals surface area contributed by atoms with Crippen molar-refractivity contribution in [3.8, 4) is 5.75 Å². The molecule has 1 aliphatic rings. The summed E-state index contributed by atoms with van der Waals surface area (Å²) in [4.78, 5) is 28.1. The maximum atomic E-state index is 12.4. The molecule has 1 atom stereocenters. The highest BCUT2D eigenvalue weighted by molar-refractivity contribution is 6.00.